The molecule has 2 heteroatoms. The van der Waals surface area contributed by atoms with Crippen LogP contribution in [0.4, 0.5) is 0 Å². The van der Waals surface area contributed by atoms with E-state index in [0.29, 0.717) is 11.0 Å². The lowest BCUT2D eigenvalue weighted by Gasteiger charge is -2.17. The molecule has 0 saturated heterocycles. The first-order valence-electron chi connectivity index (χ1n) is 11.7. The van der Waals surface area contributed by atoms with Crippen LogP contribution in [0.25, 0.3) is 11.1 Å². The Hall–Kier alpha value is -2.27. The Kier molecular flexibility index (Phi) is 10.5. The molecule has 0 saturated carbocycles. The van der Waals surface area contributed by atoms with Crippen LogP contribution in [-0.4, -0.2) is 6.61 Å². The van der Waals surface area contributed by atoms with Gasteiger partial charge in [0.1, 0.15) is 5.75 Å². The molecule has 0 aliphatic carbocycles. The maximum absolute atomic E-state index is 8.89. The van der Waals surface area contributed by atoms with Gasteiger partial charge < -0.3 is 4.74 Å². The summed E-state index contributed by atoms with van der Waals surface area (Å²) in [4.78, 5) is 0. The summed E-state index contributed by atoms with van der Waals surface area (Å²) in [5.41, 5.74) is 3.45. The molecule has 0 aliphatic rings. The smallest absolute Gasteiger partial charge is 0.119 e. The maximum Gasteiger partial charge on any atom is 0.119 e. The molecule has 0 spiro atoms. The van der Waals surface area contributed by atoms with E-state index in [2.05, 4.69) is 39.0 Å². The Balaban J connectivity index is 1.49. The number of unbranched alkanes of at least 4 members (excludes halogenated alkanes) is 8. The maximum atomic E-state index is 8.89. The fraction of sp³-hybridized carbons (Fsp3) is 0.536. The number of nitrogens with zero attached hydrogens (tertiary/aromatic N) is 1. The Bertz CT molecular complexity index is 747. The molecular weight excluding hydrogens is 366 g/mol. The summed E-state index contributed by atoms with van der Waals surface area (Å²) in [6.07, 6.45) is 13.4. The molecule has 0 bridgehead atoms. The van der Waals surface area contributed by atoms with Crippen molar-refractivity contribution in [1.29, 1.82) is 5.26 Å². The van der Waals surface area contributed by atoms with Crippen LogP contribution in [0.2, 0.25) is 0 Å². The number of benzene rings is 2. The largest absolute Gasteiger partial charge is 0.494 e. The van der Waals surface area contributed by atoms with Crippen molar-refractivity contribution in [3.8, 4) is 22.9 Å². The molecule has 0 amide bonds. The average molecular weight is 406 g/mol. The van der Waals surface area contributed by atoms with Gasteiger partial charge in [0.25, 0.3) is 0 Å². The van der Waals surface area contributed by atoms with Gasteiger partial charge in [0.2, 0.25) is 0 Å². The van der Waals surface area contributed by atoms with Gasteiger partial charge in [0.05, 0.1) is 18.2 Å². The molecule has 0 unspecified atom stereocenters. The van der Waals surface area contributed by atoms with Crippen molar-refractivity contribution in [1.82, 2.24) is 0 Å². The SMILES string of the molecule is CC(C)(C)CCCCCCCCCCCOc1ccc(-c2ccc(C#N)cc2)cc1. The molecule has 0 aromatic heterocycles. The number of nitriles is 1. The van der Waals surface area contributed by atoms with E-state index in [1.54, 1.807) is 0 Å². The fourth-order valence-corrected chi connectivity index (χ4v) is 3.67. The normalized spacial score (nSPS) is 11.3. The van der Waals surface area contributed by atoms with Gasteiger partial charge in [0, 0.05) is 0 Å². The van der Waals surface area contributed by atoms with E-state index in [1.807, 2.05) is 36.4 Å². The second-order valence-electron chi connectivity index (χ2n) is 9.55. The lowest BCUT2D eigenvalue weighted by molar-refractivity contribution is 0.304. The number of hydrogen-bond acceptors (Lipinski definition) is 2. The molecule has 0 N–H and O–H groups in total. The summed E-state index contributed by atoms with van der Waals surface area (Å²) in [7, 11) is 0. The molecule has 162 valence electrons. The van der Waals surface area contributed by atoms with E-state index < -0.39 is 0 Å². The molecule has 2 aromatic carbocycles. The predicted molar refractivity (Wildman–Crippen MR) is 128 cm³/mol. The van der Waals surface area contributed by atoms with Crippen LogP contribution in [0.1, 0.15) is 90.5 Å². The van der Waals surface area contributed by atoms with E-state index in [4.69, 9.17) is 10.00 Å². The fourth-order valence-electron chi connectivity index (χ4n) is 3.67. The van der Waals surface area contributed by atoms with Crippen molar-refractivity contribution < 1.29 is 4.74 Å². The first kappa shape index (κ1) is 24.0. The van der Waals surface area contributed by atoms with Gasteiger partial charge in [-0.1, -0.05) is 96.4 Å². The number of rotatable bonds is 13. The zero-order valence-electron chi connectivity index (χ0n) is 19.3. The van der Waals surface area contributed by atoms with Crippen LogP contribution in [0, 0.1) is 16.7 Å². The highest BCUT2D eigenvalue weighted by Crippen LogP contribution is 2.24. The second kappa shape index (κ2) is 13.1. The third-order valence-corrected chi connectivity index (χ3v) is 5.54. The lowest BCUT2D eigenvalue weighted by Crippen LogP contribution is -2.03. The van der Waals surface area contributed by atoms with Gasteiger partial charge in [-0.05, 0) is 53.6 Å². The zero-order chi connectivity index (χ0) is 21.7. The molecule has 0 atom stereocenters. The second-order valence-corrected chi connectivity index (χ2v) is 9.55. The van der Waals surface area contributed by atoms with E-state index in [-0.39, 0.29) is 0 Å². The molecule has 0 aliphatic heterocycles. The van der Waals surface area contributed by atoms with Crippen LogP contribution in [0.3, 0.4) is 0 Å². The van der Waals surface area contributed by atoms with E-state index >= 15 is 0 Å². The van der Waals surface area contributed by atoms with Crippen molar-refractivity contribution in [2.45, 2.75) is 85.0 Å². The molecule has 0 fully saturated rings. The molecule has 2 aromatic rings. The molecule has 0 radical (unpaired) electrons. The highest BCUT2D eigenvalue weighted by Gasteiger charge is 2.08. The minimum absolute atomic E-state index is 0.495. The van der Waals surface area contributed by atoms with Crippen LogP contribution in [0.5, 0.6) is 5.75 Å². The summed E-state index contributed by atoms with van der Waals surface area (Å²) in [6.45, 7) is 7.80. The van der Waals surface area contributed by atoms with Crippen molar-refractivity contribution >= 4 is 0 Å². The molecule has 30 heavy (non-hydrogen) atoms. The predicted octanol–water partition coefficient (Wildman–Crippen LogP) is 8.55. The van der Waals surface area contributed by atoms with Crippen LogP contribution in [0.15, 0.2) is 48.5 Å². The molecular formula is C28H39NO. The van der Waals surface area contributed by atoms with Crippen molar-refractivity contribution in [3.63, 3.8) is 0 Å². The topological polar surface area (TPSA) is 33.0 Å². The van der Waals surface area contributed by atoms with Gasteiger partial charge >= 0.3 is 0 Å². The van der Waals surface area contributed by atoms with Gasteiger partial charge in [-0.15, -0.1) is 0 Å². The third-order valence-electron chi connectivity index (χ3n) is 5.54. The average Bonchev–Trinajstić information content (AvgIpc) is 2.74. The highest BCUT2D eigenvalue weighted by molar-refractivity contribution is 5.64. The quantitative estimate of drug-likeness (QED) is 0.313. The van der Waals surface area contributed by atoms with Crippen LogP contribution >= 0.6 is 0 Å². The monoisotopic (exact) mass is 405 g/mol. The summed E-state index contributed by atoms with van der Waals surface area (Å²) >= 11 is 0. The van der Waals surface area contributed by atoms with Gasteiger partial charge in [-0.25, -0.2) is 0 Å². The minimum atomic E-state index is 0.495. The van der Waals surface area contributed by atoms with Gasteiger partial charge in [-0.2, -0.15) is 5.26 Å². The highest BCUT2D eigenvalue weighted by atomic mass is 16.5. The van der Waals surface area contributed by atoms with Crippen LogP contribution in [-0.2, 0) is 0 Å². The van der Waals surface area contributed by atoms with E-state index in [1.165, 1.54) is 57.8 Å². The molecule has 0 heterocycles. The van der Waals surface area contributed by atoms with Crippen LogP contribution < -0.4 is 4.74 Å². The first-order chi connectivity index (χ1) is 14.5. The Morgan fingerprint density at radius 2 is 1.13 bits per heavy atom. The lowest BCUT2D eigenvalue weighted by atomic mass is 9.89. The van der Waals surface area contributed by atoms with E-state index in [9.17, 15) is 0 Å². The molecule has 2 nitrogen and oxygen atoms in total. The Morgan fingerprint density at radius 3 is 1.63 bits per heavy atom. The summed E-state index contributed by atoms with van der Waals surface area (Å²) < 4.78 is 5.89. The number of ether oxygens (including phenoxy) is 1. The standard InChI is InChI=1S/C28H39NO/c1-28(2,3)21-11-9-7-5-4-6-8-10-12-22-30-27-19-17-26(18-20-27)25-15-13-24(23-29)14-16-25/h13-20H,4-12,21-22H2,1-3H3. The summed E-state index contributed by atoms with van der Waals surface area (Å²) in [5, 5.41) is 8.89. The number of hydrogen-bond donors (Lipinski definition) is 0. The van der Waals surface area contributed by atoms with Crippen molar-refractivity contribution in [3.05, 3.63) is 54.1 Å². The summed E-state index contributed by atoms with van der Waals surface area (Å²) in [5.74, 6) is 0.933. The summed E-state index contributed by atoms with van der Waals surface area (Å²) in [6, 6.07) is 18.1. The minimum Gasteiger partial charge on any atom is -0.494 e. The van der Waals surface area contributed by atoms with Crippen molar-refractivity contribution in [2.75, 3.05) is 6.61 Å². The Labute approximate surface area is 184 Å². The van der Waals surface area contributed by atoms with E-state index in [0.717, 1.165) is 29.9 Å². The zero-order valence-corrected chi connectivity index (χ0v) is 19.3. The van der Waals surface area contributed by atoms with Gasteiger partial charge in [-0.3, -0.25) is 0 Å². The van der Waals surface area contributed by atoms with Crippen molar-refractivity contribution in [2.24, 2.45) is 5.41 Å². The third kappa shape index (κ3) is 9.97. The van der Waals surface area contributed by atoms with Gasteiger partial charge in [0.15, 0.2) is 0 Å². The Morgan fingerprint density at radius 1 is 0.667 bits per heavy atom. The molecule has 2 rings (SSSR count). The first-order valence-corrected chi connectivity index (χ1v) is 11.7.